The van der Waals surface area contributed by atoms with Crippen LogP contribution in [-0.4, -0.2) is 21.3 Å². The number of nitrogens with zero attached hydrogens (tertiary/aromatic N) is 2. The largest absolute Gasteiger partial charge is 0.420 e. The van der Waals surface area contributed by atoms with Crippen molar-refractivity contribution < 1.29 is 23.3 Å². The highest BCUT2D eigenvalue weighted by Crippen LogP contribution is 2.21. The minimum absolute atomic E-state index is 0.0262. The number of carbonyl (C=O) groups is 2. The van der Waals surface area contributed by atoms with E-state index in [0.29, 0.717) is 0 Å². The number of anilines is 2. The number of rotatable bonds is 5. The van der Waals surface area contributed by atoms with Crippen LogP contribution in [0.4, 0.5) is 21.5 Å². The van der Waals surface area contributed by atoms with Gasteiger partial charge in [-0.2, -0.15) is 0 Å². The summed E-state index contributed by atoms with van der Waals surface area (Å²) >= 11 is 0. The number of oxazole rings is 1. The minimum atomic E-state index is -0.858. The van der Waals surface area contributed by atoms with E-state index in [1.165, 1.54) is 31.2 Å². The zero-order valence-electron chi connectivity index (χ0n) is 14.4. The van der Waals surface area contributed by atoms with Gasteiger partial charge in [0.15, 0.2) is 5.58 Å². The number of nitro groups is 1. The Labute approximate surface area is 155 Å². The normalized spacial score (nSPS) is 10.6. The molecule has 0 saturated heterocycles. The maximum Gasteiger partial charge on any atom is 0.420 e. The number of non-ortho nitro benzene ring substituents is 1. The molecule has 10 nitrogen and oxygen atoms in total. The molecule has 28 heavy (non-hydrogen) atoms. The third-order valence-electron chi connectivity index (χ3n) is 3.73. The summed E-state index contributed by atoms with van der Waals surface area (Å²) in [5.74, 6) is -2.63. The average molecular weight is 388 g/mol. The van der Waals surface area contributed by atoms with Crippen LogP contribution in [-0.2, 0) is 16.1 Å². The number of fused-ring (bicyclic) bond motifs is 1. The third-order valence-corrected chi connectivity index (χ3v) is 3.73. The van der Waals surface area contributed by atoms with Gasteiger partial charge in [-0.05, 0) is 24.3 Å². The molecule has 144 valence electrons. The molecule has 0 radical (unpaired) electrons. The number of nitro benzene ring substituents is 1. The lowest BCUT2D eigenvalue weighted by molar-refractivity contribution is -0.384. The summed E-state index contributed by atoms with van der Waals surface area (Å²) in [5, 5.41) is 15.6. The van der Waals surface area contributed by atoms with Gasteiger partial charge in [0.2, 0.25) is 11.8 Å². The molecule has 0 bridgehead atoms. The van der Waals surface area contributed by atoms with Crippen molar-refractivity contribution in [2.75, 3.05) is 10.6 Å². The van der Waals surface area contributed by atoms with Crippen LogP contribution in [0.3, 0.4) is 0 Å². The number of aromatic nitrogens is 1. The molecule has 2 N–H and O–H groups in total. The summed E-state index contributed by atoms with van der Waals surface area (Å²) in [6.07, 6.45) is 0. The maximum atomic E-state index is 13.7. The third kappa shape index (κ3) is 3.87. The summed E-state index contributed by atoms with van der Waals surface area (Å²) in [4.78, 5) is 45.5. The zero-order chi connectivity index (χ0) is 20.4. The van der Waals surface area contributed by atoms with Crippen molar-refractivity contribution in [1.29, 1.82) is 0 Å². The molecule has 0 aliphatic rings. The van der Waals surface area contributed by atoms with Gasteiger partial charge in [0.25, 0.3) is 5.69 Å². The smallest absolute Gasteiger partial charge is 0.407 e. The maximum absolute atomic E-state index is 13.7. The van der Waals surface area contributed by atoms with E-state index in [2.05, 4.69) is 10.6 Å². The van der Waals surface area contributed by atoms with Gasteiger partial charge in [-0.3, -0.25) is 24.3 Å². The topological polar surface area (TPSA) is 136 Å². The minimum Gasteiger partial charge on any atom is -0.407 e. The SMILES string of the molecule is CC(=O)Nc1cc(NC(=O)Cn2c(=O)oc3cc([N+](=O)[O-])ccc32)ccc1F. The van der Waals surface area contributed by atoms with Crippen LogP contribution in [0.1, 0.15) is 6.92 Å². The summed E-state index contributed by atoms with van der Waals surface area (Å²) in [7, 11) is 0. The van der Waals surface area contributed by atoms with Crippen molar-refractivity contribution >= 4 is 40.0 Å². The average Bonchev–Trinajstić information content (AvgIpc) is 2.92. The van der Waals surface area contributed by atoms with Crippen LogP contribution in [0.15, 0.2) is 45.6 Å². The van der Waals surface area contributed by atoms with Crippen LogP contribution in [0, 0.1) is 15.9 Å². The van der Waals surface area contributed by atoms with Crippen LogP contribution in [0.2, 0.25) is 0 Å². The molecule has 2 aromatic carbocycles. The van der Waals surface area contributed by atoms with Crippen molar-refractivity contribution in [3.63, 3.8) is 0 Å². The Morgan fingerprint density at radius 1 is 1.21 bits per heavy atom. The fraction of sp³-hybridized carbons (Fsp3) is 0.118. The Morgan fingerprint density at radius 3 is 2.64 bits per heavy atom. The van der Waals surface area contributed by atoms with Crippen LogP contribution in [0.5, 0.6) is 0 Å². The molecule has 3 aromatic rings. The van der Waals surface area contributed by atoms with Gasteiger partial charge in [-0.15, -0.1) is 0 Å². The van der Waals surface area contributed by atoms with Gasteiger partial charge < -0.3 is 15.1 Å². The van der Waals surface area contributed by atoms with Gasteiger partial charge in [-0.1, -0.05) is 0 Å². The van der Waals surface area contributed by atoms with Crippen LogP contribution >= 0.6 is 0 Å². The molecule has 11 heteroatoms. The molecule has 0 aliphatic carbocycles. The predicted octanol–water partition coefficient (Wildman–Crippen LogP) is 2.24. The zero-order valence-corrected chi connectivity index (χ0v) is 14.4. The number of hydrogen-bond acceptors (Lipinski definition) is 6. The van der Waals surface area contributed by atoms with Crippen LogP contribution < -0.4 is 16.4 Å². The van der Waals surface area contributed by atoms with E-state index in [1.54, 1.807) is 0 Å². The lowest BCUT2D eigenvalue weighted by Crippen LogP contribution is -2.24. The molecule has 0 aliphatic heterocycles. The van der Waals surface area contributed by atoms with E-state index >= 15 is 0 Å². The number of benzene rings is 2. The van der Waals surface area contributed by atoms with E-state index in [4.69, 9.17) is 4.42 Å². The monoisotopic (exact) mass is 388 g/mol. The highest BCUT2D eigenvalue weighted by atomic mass is 19.1. The van der Waals surface area contributed by atoms with Crippen molar-refractivity contribution in [3.8, 4) is 0 Å². The molecule has 0 spiro atoms. The Kier molecular flexibility index (Phi) is 4.90. The highest BCUT2D eigenvalue weighted by molar-refractivity contribution is 5.94. The van der Waals surface area contributed by atoms with Crippen molar-refractivity contribution in [1.82, 2.24) is 4.57 Å². The Morgan fingerprint density at radius 2 is 1.96 bits per heavy atom. The fourth-order valence-corrected chi connectivity index (χ4v) is 2.55. The van der Waals surface area contributed by atoms with E-state index in [1.807, 2.05) is 0 Å². The molecular formula is C17H13FN4O6. The quantitative estimate of drug-likeness (QED) is 0.508. The summed E-state index contributed by atoms with van der Waals surface area (Å²) < 4.78 is 19.6. The van der Waals surface area contributed by atoms with Crippen LogP contribution in [0.25, 0.3) is 11.1 Å². The van der Waals surface area contributed by atoms with E-state index in [-0.39, 0.29) is 28.2 Å². The molecule has 1 heterocycles. The standard InChI is InChI=1S/C17H13FN4O6/c1-9(23)19-13-6-10(2-4-12(13)18)20-16(24)8-21-14-5-3-11(22(26)27)7-15(14)28-17(21)25/h2-7H,8H2,1H3,(H,19,23)(H,20,24). The Balaban J connectivity index is 1.82. The molecular weight excluding hydrogens is 375 g/mol. The first-order chi connectivity index (χ1) is 13.2. The Bertz CT molecular complexity index is 1170. The number of nitrogens with one attached hydrogen (secondary N) is 2. The number of hydrogen-bond donors (Lipinski definition) is 2. The number of amides is 2. The van der Waals surface area contributed by atoms with Gasteiger partial charge in [0.1, 0.15) is 12.4 Å². The highest BCUT2D eigenvalue weighted by Gasteiger charge is 2.16. The molecule has 3 rings (SSSR count). The molecule has 1 aromatic heterocycles. The summed E-state index contributed by atoms with van der Waals surface area (Å²) in [5.41, 5.74) is 0.0235. The van der Waals surface area contributed by atoms with Gasteiger partial charge in [-0.25, -0.2) is 9.18 Å². The van der Waals surface area contributed by atoms with E-state index in [0.717, 1.165) is 16.7 Å². The fourth-order valence-electron chi connectivity index (χ4n) is 2.55. The Hall–Kier alpha value is -4.02. The first-order valence-corrected chi connectivity index (χ1v) is 7.89. The molecule has 0 unspecified atom stereocenters. The van der Waals surface area contributed by atoms with E-state index in [9.17, 15) is 28.9 Å². The van der Waals surface area contributed by atoms with Crippen molar-refractivity contribution in [2.24, 2.45) is 0 Å². The van der Waals surface area contributed by atoms with Crippen molar-refractivity contribution in [2.45, 2.75) is 13.5 Å². The molecule has 0 atom stereocenters. The molecule has 2 amide bonds. The van der Waals surface area contributed by atoms with Gasteiger partial charge in [0.05, 0.1) is 22.2 Å². The second-order valence-corrected chi connectivity index (χ2v) is 5.79. The summed E-state index contributed by atoms with van der Waals surface area (Å²) in [6, 6.07) is 7.17. The summed E-state index contributed by atoms with van der Waals surface area (Å²) in [6.45, 7) is 0.780. The second kappa shape index (κ2) is 7.31. The lowest BCUT2D eigenvalue weighted by atomic mass is 10.2. The van der Waals surface area contributed by atoms with Gasteiger partial charge in [0, 0.05) is 18.7 Å². The van der Waals surface area contributed by atoms with E-state index < -0.39 is 34.9 Å². The second-order valence-electron chi connectivity index (χ2n) is 5.79. The number of carbonyl (C=O) groups excluding carboxylic acids is 2. The first kappa shape index (κ1) is 18.8. The molecule has 0 fully saturated rings. The number of halogens is 1. The lowest BCUT2D eigenvalue weighted by Gasteiger charge is -2.09. The van der Waals surface area contributed by atoms with Crippen molar-refractivity contribution in [3.05, 3.63) is 62.9 Å². The predicted molar refractivity (Wildman–Crippen MR) is 96.5 cm³/mol. The molecule has 0 saturated carbocycles. The first-order valence-electron chi connectivity index (χ1n) is 7.89. The van der Waals surface area contributed by atoms with Gasteiger partial charge >= 0.3 is 5.76 Å².